The fraction of sp³-hybridized carbons (Fsp3) is 0.480. The average Bonchev–Trinajstić information content (AvgIpc) is 3.49. The number of fused-ring (bicyclic) bond motifs is 1. The molecule has 3 nitrogen and oxygen atoms in total. The summed E-state index contributed by atoms with van der Waals surface area (Å²) in [6.07, 6.45) is 4.38. The predicted octanol–water partition coefficient (Wildman–Crippen LogP) is 6.34. The van der Waals surface area contributed by atoms with Crippen LogP contribution in [0, 0.1) is 11.3 Å². The Bertz CT molecular complexity index is 972. The molecular weight excluding hydrogens is 417 g/mol. The summed E-state index contributed by atoms with van der Waals surface area (Å²) in [4.78, 5) is 12.9. The van der Waals surface area contributed by atoms with Crippen molar-refractivity contribution in [2.75, 3.05) is 0 Å². The molecule has 158 valence electrons. The van der Waals surface area contributed by atoms with Crippen molar-refractivity contribution in [1.29, 1.82) is 0 Å². The molecule has 30 heavy (non-hydrogen) atoms. The third kappa shape index (κ3) is 3.40. The van der Waals surface area contributed by atoms with Gasteiger partial charge in [-0.1, -0.05) is 48.3 Å². The SMILES string of the molecule is C[C@H]1NC(=O)[C@]2(C)CC[C@@H](c3ccc(OC4CC4)cc3Cl)[C@H](c3ccc(Cl)cc3)[C@H]12. The summed E-state index contributed by atoms with van der Waals surface area (Å²) in [7, 11) is 0. The molecular formula is C25H27Cl2NO2. The second-order valence-electron chi connectivity index (χ2n) is 9.43. The van der Waals surface area contributed by atoms with Crippen LogP contribution in [0.25, 0.3) is 0 Å². The van der Waals surface area contributed by atoms with Crippen LogP contribution in [-0.2, 0) is 4.79 Å². The Morgan fingerprint density at radius 1 is 1.07 bits per heavy atom. The van der Waals surface area contributed by atoms with Gasteiger partial charge in [-0.3, -0.25) is 4.79 Å². The molecule has 5 rings (SSSR count). The molecule has 3 aliphatic rings. The molecule has 0 aromatic heterocycles. The van der Waals surface area contributed by atoms with E-state index in [1.54, 1.807) is 0 Å². The number of nitrogens with one attached hydrogen (secondary N) is 1. The first-order valence-electron chi connectivity index (χ1n) is 10.9. The third-order valence-corrected chi connectivity index (χ3v) is 7.98. The number of carbonyl (C=O) groups excluding carboxylic acids is 1. The van der Waals surface area contributed by atoms with Crippen LogP contribution in [0.5, 0.6) is 5.75 Å². The lowest BCUT2D eigenvalue weighted by Crippen LogP contribution is -2.42. The lowest BCUT2D eigenvalue weighted by Gasteiger charge is -2.46. The largest absolute Gasteiger partial charge is 0.490 e. The zero-order valence-corrected chi connectivity index (χ0v) is 18.8. The predicted molar refractivity (Wildman–Crippen MR) is 120 cm³/mol. The summed E-state index contributed by atoms with van der Waals surface area (Å²) < 4.78 is 5.94. The first-order valence-corrected chi connectivity index (χ1v) is 11.6. The number of amides is 1. The molecule has 2 saturated carbocycles. The smallest absolute Gasteiger partial charge is 0.226 e. The molecule has 3 fully saturated rings. The minimum atomic E-state index is -0.359. The van der Waals surface area contributed by atoms with E-state index < -0.39 is 0 Å². The van der Waals surface area contributed by atoms with Crippen LogP contribution in [0.4, 0.5) is 0 Å². The summed E-state index contributed by atoms with van der Waals surface area (Å²) >= 11 is 13.0. The summed E-state index contributed by atoms with van der Waals surface area (Å²) in [5.74, 6) is 1.64. The maximum atomic E-state index is 12.9. The molecule has 1 N–H and O–H groups in total. The Kier molecular flexibility index (Phi) is 5.02. The lowest BCUT2D eigenvalue weighted by atomic mass is 9.56. The average molecular weight is 444 g/mol. The molecule has 1 amide bonds. The van der Waals surface area contributed by atoms with E-state index in [9.17, 15) is 4.79 Å². The fourth-order valence-corrected chi connectivity index (χ4v) is 6.21. The molecule has 1 saturated heterocycles. The Morgan fingerprint density at radius 2 is 1.80 bits per heavy atom. The van der Waals surface area contributed by atoms with Crippen molar-refractivity contribution in [3.63, 3.8) is 0 Å². The van der Waals surface area contributed by atoms with E-state index in [0.717, 1.165) is 47.0 Å². The molecule has 0 bridgehead atoms. The van der Waals surface area contributed by atoms with Gasteiger partial charge in [0.05, 0.1) is 11.5 Å². The van der Waals surface area contributed by atoms with Crippen molar-refractivity contribution in [2.24, 2.45) is 11.3 Å². The van der Waals surface area contributed by atoms with Crippen LogP contribution in [-0.4, -0.2) is 18.1 Å². The number of hydrogen-bond acceptors (Lipinski definition) is 2. The quantitative estimate of drug-likeness (QED) is 0.598. The first kappa shape index (κ1) is 20.2. The molecule has 5 atom stereocenters. The van der Waals surface area contributed by atoms with Crippen LogP contribution in [0.1, 0.15) is 62.5 Å². The van der Waals surface area contributed by atoms with E-state index in [0.29, 0.717) is 6.10 Å². The normalized spacial score (nSPS) is 33.1. The van der Waals surface area contributed by atoms with Crippen molar-refractivity contribution in [3.05, 3.63) is 63.6 Å². The molecule has 1 aliphatic heterocycles. The van der Waals surface area contributed by atoms with Gasteiger partial charge < -0.3 is 10.1 Å². The lowest BCUT2D eigenvalue weighted by molar-refractivity contribution is -0.129. The highest BCUT2D eigenvalue weighted by molar-refractivity contribution is 6.31. The van der Waals surface area contributed by atoms with Gasteiger partial charge in [0, 0.05) is 22.0 Å². The number of carbonyl (C=O) groups is 1. The van der Waals surface area contributed by atoms with Crippen molar-refractivity contribution < 1.29 is 9.53 Å². The molecule has 2 aliphatic carbocycles. The molecule has 2 aromatic carbocycles. The summed E-state index contributed by atoms with van der Waals surface area (Å²) in [6, 6.07) is 14.4. The van der Waals surface area contributed by atoms with Gasteiger partial charge in [0.2, 0.25) is 5.91 Å². The van der Waals surface area contributed by atoms with E-state index in [-0.39, 0.29) is 35.1 Å². The Morgan fingerprint density at radius 3 is 2.47 bits per heavy atom. The zero-order valence-electron chi connectivity index (χ0n) is 17.3. The Hall–Kier alpha value is -1.71. The highest BCUT2D eigenvalue weighted by Gasteiger charge is 2.57. The minimum absolute atomic E-state index is 0.113. The molecule has 5 heteroatoms. The van der Waals surface area contributed by atoms with Crippen molar-refractivity contribution in [2.45, 2.75) is 63.5 Å². The number of hydrogen-bond donors (Lipinski definition) is 1. The molecule has 2 aromatic rings. The van der Waals surface area contributed by atoms with E-state index in [2.05, 4.69) is 37.4 Å². The number of rotatable bonds is 4. The van der Waals surface area contributed by atoms with E-state index in [1.807, 2.05) is 24.3 Å². The van der Waals surface area contributed by atoms with Gasteiger partial charge in [0.1, 0.15) is 5.75 Å². The Labute approximate surface area is 188 Å². The van der Waals surface area contributed by atoms with Gasteiger partial charge in [-0.2, -0.15) is 0 Å². The zero-order chi connectivity index (χ0) is 21.0. The second-order valence-corrected chi connectivity index (χ2v) is 10.3. The van der Waals surface area contributed by atoms with Crippen molar-refractivity contribution >= 4 is 29.1 Å². The van der Waals surface area contributed by atoms with Gasteiger partial charge >= 0.3 is 0 Å². The van der Waals surface area contributed by atoms with Crippen LogP contribution in [0.3, 0.4) is 0 Å². The number of halogens is 2. The molecule has 0 spiro atoms. The molecule has 0 unspecified atom stereocenters. The summed E-state index contributed by atoms with van der Waals surface area (Å²) in [5, 5.41) is 4.70. The topological polar surface area (TPSA) is 38.3 Å². The fourth-order valence-electron chi connectivity index (χ4n) is 5.77. The maximum absolute atomic E-state index is 12.9. The third-order valence-electron chi connectivity index (χ3n) is 7.40. The minimum Gasteiger partial charge on any atom is -0.490 e. The van der Waals surface area contributed by atoms with Crippen LogP contribution in [0.2, 0.25) is 10.0 Å². The standard InChI is InChI=1S/C25H27Cl2NO2/c1-14-23-22(15-3-5-16(26)6-4-15)20(11-12-25(23,2)24(29)28-14)19-10-9-18(13-21(19)27)30-17-7-8-17/h3-6,9-10,13-14,17,20,22-23H,7-8,11-12H2,1-2H3,(H,28,29)/t14-,20+,22+,23+,25-/m1/s1. The van der Waals surface area contributed by atoms with E-state index in [4.69, 9.17) is 27.9 Å². The summed E-state index contributed by atoms with van der Waals surface area (Å²) in [6.45, 7) is 4.26. The maximum Gasteiger partial charge on any atom is 0.226 e. The van der Waals surface area contributed by atoms with Crippen LogP contribution in [0.15, 0.2) is 42.5 Å². The number of ether oxygens (including phenoxy) is 1. The Balaban J connectivity index is 1.56. The van der Waals surface area contributed by atoms with Gasteiger partial charge in [-0.15, -0.1) is 0 Å². The van der Waals surface area contributed by atoms with E-state index >= 15 is 0 Å². The van der Waals surface area contributed by atoms with E-state index in [1.165, 1.54) is 5.56 Å². The van der Waals surface area contributed by atoms with Gasteiger partial charge in [0.25, 0.3) is 0 Å². The van der Waals surface area contributed by atoms with Crippen molar-refractivity contribution in [1.82, 2.24) is 5.32 Å². The van der Waals surface area contributed by atoms with Crippen molar-refractivity contribution in [3.8, 4) is 5.75 Å². The first-order chi connectivity index (χ1) is 14.4. The van der Waals surface area contributed by atoms with Crippen LogP contribution >= 0.6 is 23.2 Å². The highest BCUT2D eigenvalue weighted by Crippen LogP contribution is 2.59. The van der Waals surface area contributed by atoms with Gasteiger partial charge in [-0.25, -0.2) is 0 Å². The van der Waals surface area contributed by atoms with Gasteiger partial charge in [-0.05, 0) is 79.8 Å². The molecule has 0 radical (unpaired) electrons. The number of benzene rings is 2. The second kappa shape index (κ2) is 7.46. The summed E-state index contributed by atoms with van der Waals surface area (Å²) in [5.41, 5.74) is 2.01. The monoisotopic (exact) mass is 443 g/mol. The highest BCUT2D eigenvalue weighted by atomic mass is 35.5. The van der Waals surface area contributed by atoms with Crippen LogP contribution < -0.4 is 10.1 Å². The van der Waals surface area contributed by atoms with Gasteiger partial charge in [0.15, 0.2) is 0 Å². The molecule has 1 heterocycles.